The van der Waals surface area contributed by atoms with Crippen molar-refractivity contribution in [3.63, 3.8) is 0 Å². The number of nitro groups is 1. The molecule has 0 aliphatic heterocycles. The average molecular weight is 277 g/mol. The first-order valence-electron chi connectivity index (χ1n) is 5.17. The van der Waals surface area contributed by atoms with Crippen molar-refractivity contribution in [2.45, 2.75) is 13.0 Å². The van der Waals surface area contributed by atoms with Gasteiger partial charge < -0.3 is 5.32 Å². The van der Waals surface area contributed by atoms with Gasteiger partial charge in [0.05, 0.1) is 4.92 Å². The number of nitrogens with zero attached hydrogens (tertiary/aromatic N) is 1. The van der Waals surface area contributed by atoms with E-state index in [9.17, 15) is 10.1 Å². The van der Waals surface area contributed by atoms with E-state index in [1.165, 1.54) is 0 Å². The van der Waals surface area contributed by atoms with E-state index in [4.69, 9.17) is 0 Å². The fourth-order valence-electron chi connectivity index (χ4n) is 1.31. The van der Waals surface area contributed by atoms with Crippen molar-refractivity contribution in [2.24, 2.45) is 0 Å². The van der Waals surface area contributed by atoms with Crippen LogP contribution in [0.25, 0.3) is 0 Å². The van der Waals surface area contributed by atoms with Gasteiger partial charge in [0.2, 0.25) is 0 Å². The Morgan fingerprint density at radius 2 is 2.00 bits per heavy atom. The van der Waals surface area contributed by atoms with E-state index < -0.39 is 0 Å². The second-order valence-corrected chi connectivity index (χ2v) is 4.43. The van der Waals surface area contributed by atoms with Gasteiger partial charge in [0.15, 0.2) is 0 Å². The van der Waals surface area contributed by atoms with E-state index in [0.717, 1.165) is 30.8 Å². The standard InChI is InChI=1S/C11H16N2O2S.ClH/c1-16-8-2-7-12-9-10-3-5-11(6-4-10)13(14)15;/h3-6,12H,2,7-9H2,1H3;1H. The predicted octanol–water partition coefficient (Wildman–Crippen LogP) is 2.86. The van der Waals surface area contributed by atoms with Crippen molar-refractivity contribution < 1.29 is 4.92 Å². The molecule has 0 atom stereocenters. The van der Waals surface area contributed by atoms with E-state index >= 15 is 0 Å². The van der Waals surface area contributed by atoms with Crippen LogP contribution >= 0.6 is 24.2 Å². The Morgan fingerprint density at radius 3 is 2.53 bits per heavy atom. The highest BCUT2D eigenvalue weighted by Crippen LogP contribution is 2.11. The Hall–Kier alpha value is -0.780. The molecule has 1 rings (SSSR count). The van der Waals surface area contributed by atoms with Crippen LogP contribution in [-0.2, 0) is 6.54 Å². The van der Waals surface area contributed by atoms with Gasteiger partial charge in [-0.15, -0.1) is 12.4 Å². The maximum Gasteiger partial charge on any atom is 0.269 e. The first-order valence-corrected chi connectivity index (χ1v) is 6.56. The van der Waals surface area contributed by atoms with Crippen LogP contribution in [0.5, 0.6) is 0 Å². The molecule has 1 aromatic rings. The number of hydrogen-bond donors (Lipinski definition) is 1. The molecule has 1 aromatic carbocycles. The Labute approximate surface area is 112 Å². The van der Waals surface area contributed by atoms with Crippen LogP contribution in [0, 0.1) is 10.1 Å². The SMILES string of the molecule is CSCCCNCc1ccc([N+](=O)[O-])cc1.Cl. The van der Waals surface area contributed by atoms with E-state index in [2.05, 4.69) is 11.6 Å². The summed E-state index contributed by atoms with van der Waals surface area (Å²) in [7, 11) is 0. The van der Waals surface area contributed by atoms with Gasteiger partial charge in [-0.1, -0.05) is 12.1 Å². The first-order chi connectivity index (χ1) is 7.74. The molecular weight excluding hydrogens is 260 g/mol. The van der Waals surface area contributed by atoms with Crippen LogP contribution in [0.2, 0.25) is 0 Å². The molecule has 0 aromatic heterocycles. The summed E-state index contributed by atoms with van der Waals surface area (Å²) in [5.41, 5.74) is 1.22. The van der Waals surface area contributed by atoms with Gasteiger partial charge in [-0.2, -0.15) is 11.8 Å². The van der Waals surface area contributed by atoms with Gasteiger partial charge in [0.1, 0.15) is 0 Å². The summed E-state index contributed by atoms with van der Waals surface area (Å²) in [5.74, 6) is 1.16. The van der Waals surface area contributed by atoms with Crippen molar-refractivity contribution in [2.75, 3.05) is 18.6 Å². The molecule has 1 N–H and O–H groups in total. The normalized spacial score (nSPS) is 9.71. The van der Waals surface area contributed by atoms with Crippen LogP contribution in [0.4, 0.5) is 5.69 Å². The first kappa shape index (κ1) is 16.2. The molecule has 0 heterocycles. The number of nitro benzene ring substituents is 1. The minimum Gasteiger partial charge on any atom is -0.313 e. The van der Waals surface area contributed by atoms with Crippen LogP contribution in [0.3, 0.4) is 0 Å². The molecular formula is C11H17ClN2O2S. The fourth-order valence-corrected chi connectivity index (χ4v) is 1.74. The molecule has 0 spiro atoms. The van der Waals surface area contributed by atoms with Crippen LogP contribution in [0.1, 0.15) is 12.0 Å². The summed E-state index contributed by atoms with van der Waals surface area (Å²) >= 11 is 1.84. The molecule has 0 aliphatic carbocycles. The van der Waals surface area contributed by atoms with E-state index in [1.807, 2.05) is 11.8 Å². The van der Waals surface area contributed by atoms with Crippen molar-refractivity contribution in [1.82, 2.24) is 5.32 Å². The lowest BCUT2D eigenvalue weighted by atomic mass is 10.2. The molecule has 17 heavy (non-hydrogen) atoms. The number of non-ortho nitro benzene ring substituents is 1. The summed E-state index contributed by atoms with van der Waals surface area (Å²) in [5, 5.41) is 13.7. The fraction of sp³-hybridized carbons (Fsp3) is 0.455. The number of thioether (sulfide) groups is 1. The van der Waals surface area contributed by atoms with Gasteiger partial charge in [-0.3, -0.25) is 10.1 Å². The quantitative estimate of drug-likeness (QED) is 0.473. The molecule has 4 nitrogen and oxygen atoms in total. The summed E-state index contributed by atoms with van der Waals surface area (Å²) in [6.07, 6.45) is 3.24. The number of nitrogens with one attached hydrogen (secondary N) is 1. The summed E-state index contributed by atoms with van der Waals surface area (Å²) < 4.78 is 0. The molecule has 0 unspecified atom stereocenters. The molecule has 0 saturated carbocycles. The second-order valence-electron chi connectivity index (χ2n) is 3.45. The maximum absolute atomic E-state index is 10.4. The highest BCUT2D eigenvalue weighted by atomic mass is 35.5. The van der Waals surface area contributed by atoms with Crippen molar-refractivity contribution in [3.8, 4) is 0 Å². The van der Waals surface area contributed by atoms with E-state index in [0.29, 0.717) is 0 Å². The third-order valence-corrected chi connectivity index (χ3v) is 2.88. The monoisotopic (exact) mass is 276 g/mol. The topological polar surface area (TPSA) is 55.2 Å². The van der Waals surface area contributed by atoms with Gasteiger partial charge in [0.25, 0.3) is 5.69 Å². The second kappa shape index (κ2) is 9.27. The zero-order chi connectivity index (χ0) is 11.8. The largest absolute Gasteiger partial charge is 0.313 e. The average Bonchev–Trinajstić information content (AvgIpc) is 2.29. The lowest BCUT2D eigenvalue weighted by Crippen LogP contribution is -2.15. The molecule has 0 fully saturated rings. The van der Waals surface area contributed by atoms with Crippen molar-refractivity contribution >= 4 is 29.9 Å². The third kappa shape index (κ3) is 6.51. The highest BCUT2D eigenvalue weighted by molar-refractivity contribution is 7.98. The zero-order valence-electron chi connectivity index (χ0n) is 9.72. The zero-order valence-corrected chi connectivity index (χ0v) is 11.4. The molecule has 0 aliphatic rings. The number of benzene rings is 1. The molecule has 96 valence electrons. The number of hydrogen-bond acceptors (Lipinski definition) is 4. The lowest BCUT2D eigenvalue weighted by Gasteiger charge is -2.03. The highest BCUT2D eigenvalue weighted by Gasteiger charge is 2.03. The van der Waals surface area contributed by atoms with Crippen LogP contribution < -0.4 is 5.32 Å². The van der Waals surface area contributed by atoms with Gasteiger partial charge >= 0.3 is 0 Å². The molecule has 6 heteroatoms. The molecule has 0 radical (unpaired) electrons. The number of halogens is 1. The smallest absolute Gasteiger partial charge is 0.269 e. The van der Waals surface area contributed by atoms with E-state index in [-0.39, 0.29) is 23.0 Å². The summed E-state index contributed by atoms with van der Waals surface area (Å²) in [4.78, 5) is 10.1. The third-order valence-electron chi connectivity index (χ3n) is 2.18. The lowest BCUT2D eigenvalue weighted by molar-refractivity contribution is -0.384. The Kier molecular flexibility index (Phi) is 8.85. The van der Waals surface area contributed by atoms with Crippen LogP contribution in [0.15, 0.2) is 24.3 Å². The Balaban J connectivity index is 0.00000256. The van der Waals surface area contributed by atoms with Crippen LogP contribution in [-0.4, -0.2) is 23.5 Å². The molecule has 0 bridgehead atoms. The molecule has 0 saturated heterocycles. The summed E-state index contributed by atoms with van der Waals surface area (Å²) in [6.45, 7) is 1.75. The number of rotatable bonds is 7. The van der Waals surface area contributed by atoms with Crippen molar-refractivity contribution in [1.29, 1.82) is 0 Å². The minimum atomic E-state index is -0.379. The molecule has 0 amide bonds. The maximum atomic E-state index is 10.4. The summed E-state index contributed by atoms with van der Waals surface area (Å²) in [6, 6.07) is 6.66. The van der Waals surface area contributed by atoms with E-state index in [1.54, 1.807) is 24.3 Å². The Morgan fingerprint density at radius 1 is 1.35 bits per heavy atom. The van der Waals surface area contributed by atoms with Gasteiger partial charge in [0, 0.05) is 18.7 Å². The predicted molar refractivity (Wildman–Crippen MR) is 75.1 cm³/mol. The van der Waals surface area contributed by atoms with Gasteiger partial charge in [-0.05, 0) is 30.5 Å². The minimum absolute atomic E-state index is 0. The Bertz CT molecular complexity index is 333. The van der Waals surface area contributed by atoms with Gasteiger partial charge in [-0.25, -0.2) is 0 Å². The van der Waals surface area contributed by atoms with Crippen molar-refractivity contribution in [3.05, 3.63) is 39.9 Å².